The molecule has 8 nitrogen and oxygen atoms in total. The molecule has 1 atom stereocenters. The van der Waals surface area contributed by atoms with Crippen molar-refractivity contribution in [3.63, 3.8) is 0 Å². The van der Waals surface area contributed by atoms with Crippen LogP contribution in [-0.2, 0) is 6.54 Å². The highest BCUT2D eigenvalue weighted by molar-refractivity contribution is 6.04. The van der Waals surface area contributed by atoms with Crippen LogP contribution in [0.4, 0.5) is 0 Å². The Hall–Kier alpha value is -2.77. The number of aryl methyl sites for hydroxylation is 1. The summed E-state index contributed by atoms with van der Waals surface area (Å²) in [5, 5.41) is 8.54. The monoisotopic (exact) mass is 351 g/mol. The number of hydrogen-bond donors (Lipinski definition) is 1. The van der Waals surface area contributed by atoms with E-state index < -0.39 is 0 Å². The Morgan fingerprint density at radius 2 is 2.23 bits per heavy atom. The van der Waals surface area contributed by atoms with Crippen molar-refractivity contribution in [1.82, 2.24) is 34.8 Å². The highest BCUT2D eigenvalue weighted by Crippen LogP contribution is 2.38. The smallest absolute Gasteiger partial charge is 0.256 e. The van der Waals surface area contributed by atoms with E-state index in [1.54, 1.807) is 12.3 Å². The number of imidazole rings is 1. The number of nitrogens with one attached hydrogen (secondary N) is 1. The fourth-order valence-electron chi connectivity index (χ4n) is 3.84. The van der Waals surface area contributed by atoms with Gasteiger partial charge in [-0.2, -0.15) is 0 Å². The van der Waals surface area contributed by atoms with Gasteiger partial charge in [0.05, 0.1) is 29.4 Å². The van der Waals surface area contributed by atoms with Gasteiger partial charge in [0.15, 0.2) is 5.65 Å². The highest BCUT2D eigenvalue weighted by atomic mass is 16.2. The lowest BCUT2D eigenvalue weighted by Gasteiger charge is -2.24. The maximum atomic E-state index is 13.2. The van der Waals surface area contributed by atoms with E-state index in [4.69, 9.17) is 0 Å². The summed E-state index contributed by atoms with van der Waals surface area (Å²) in [4.78, 5) is 26.9. The highest BCUT2D eigenvalue weighted by Gasteiger charge is 2.32. The second-order valence-corrected chi connectivity index (χ2v) is 7.31. The molecule has 4 heterocycles. The zero-order valence-electron chi connectivity index (χ0n) is 14.7. The first-order valence-corrected chi connectivity index (χ1v) is 9.21. The second-order valence-electron chi connectivity index (χ2n) is 7.31. The molecule has 5 rings (SSSR count). The Bertz CT molecular complexity index is 971. The molecule has 8 heteroatoms. The molecule has 3 aromatic heterocycles. The van der Waals surface area contributed by atoms with E-state index in [1.165, 1.54) is 12.8 Å². The molecule has 0 spiro atoms. The minimum atomic E-state index is 0.0334. The molecule has 1 N–H and O–H groups in total. The summed E-state index contributed by atoms with van der Waals surface area (Å²) in [7, 11) is 0. The number of nitrogens with zero attached hydrogens (tertiary/aromatic N) is 6. The maximum absolute atomic E-state index is 13.2. The van der Waals surface area contributed by atoms with Crippen LogP contribution in [0.2, 0.25) is 0 Å². The molecule has 1 saturated heterocycles. The number of pyridine rings is 1. The Morgan fingerprint density at radius 3 is 3.08 bits per heavy atom. The van der Waals surface area contributed by atoms with Gasteiger partial charge in [-0.3, -0.25) is 9.48 Å². The van der Waals surface area contributed by atoms with Crippen LogP contribution in [0.5, 0.6) is 0 Å². The molecule has 1 saturated carbocycles. The zero-order valence-corrected chi connectivity index (χ0v) is 14.7. The average molecular weight is 351 g/mol. The Balaban J connectivity index is 1.39. The molecule has 2 fully saturated rings. The SMILES string of the molecule is Cc1nc2nccc(C(=O)N3CCC[C@H]3Cn3cc(C4CC4)nn3)c2[nH]1. The molecule has 0 aromatic carbocycles. The van der Waals surface area contributed by atoms with Gasteiger partial charge in [-0.25, -0.2) is 9.97 Å². The van der Waals surface area contributed by atoms with Crippen molar-refractivity contribution >= 4 is 17.1 Å². The molecule has 1 aliphatic carbocycles. The van der Waals surface area contributed by atoms with E-state index in [9.17, 15) is 4.79 Å². The van der Waals surface area contributed by atoms with Crippen molar-refractivity contribution in [3.05, 3.63) is 35.5 Å². The van der Waals surface area contributed by atoms with Gasteiger partial charge >= 0.3 is 0 Å². The van der Waals surface area contributed by atoms with Gasteiger partial charge in [0, 0.05) is 24.9 Å². The number of rotatable bonds is 4. The lowest BCUT2D eigenvalue weighted by molar-refractivity contribution is 0.0723. The first kappa shape index (κ1) is 15.5. The van der Waals surface area contributed by atoms with E-state index in [1.807, 2.05) is 22.7 Å². The lowest BCUT2D eigenvalue weighted by atomic mass is 10.1. The molecule has 0 bridgehead atoms. The number of carbonyl (C=O) groups is 1. The van der Waals surface area contributed by atoms with Crippen LogP contribution >= 0.6 is 0 Å². The largest absolute Gasteiger partial charge is 0.340 e. The van der Waals surface area contributed by atoms with Crippen molar-refractivity contribution in [1.29, 1.82) is 0 Å². The molecular formula is C18H21N7O. The van der Waals surface area contributed by atoms with Crippen molar-refractivity contribution in [2.24, 2.45) is 0 Å². The standard InChI is InChI=1S/C18H21N7O/c1-11-20-16-14(6-7-19-17(16)21-11)18(26)25-8-2-3-13(25)9-24-10-15(22-23-24)12-4-5-12/h6-7,10,12-13H,2-5,8-9H2,1H3,(H,19,20,21)/t13-/m0/s1. The number of likely N-dealkylation sites (tertiary alicyclic amines) is 1. The fraction of sp³-hybridized carbons (Fsp3) is 0.500. The Kier molecular flexibility index (Phi) is 3.51. The minimum absolute atomic E-state index is 0.0334. The van der Waals surface area contributed by atoms with Gasteiger partial charge < -0.3 is 9.88 Å². The van der Waals surface area contributed by atoms with Crippen molar-refractivity contribution < 1.29 is 4.79 Å². The predicted octanol–water partition coefficient (Wildman–Crippen LogP) is 2.04. The van der Waals surface area contributed by atoms with E-state index >= 15 is 0 Å². The number of aromatic amines is 1. The zero-order chi connectivity index (χ0) is 17.7. The summed E-state index contributed by atoms with van der Waals surface area (Å²) in [5.41, 5.74) is 3.04. The predicted molar refractivity (Wildman–Crippen MR) is 94.7 cm³/mol. The first-order valence-electron chi connectivity index (χ1n) is 9.21. The first-order chi connectivity index (χ1) is 12.7. The molecule has 26 heavy (non-hydrogen) atoms. The third-order valence-electron chi connectivity index (χ3n) is 5.33. The third-order valence-corrected chi connectivity index (χ3v) is 5.33. The van der Waals surface area contributed by atoms with Gasteiger partial charge in [-0.1, -0.05) is 5.21 Å². The number of aromatic nitrogens is 6. The van der Waals surface area contributed by atoms with E-state index in [0.29, 0.717) is 23.7 Å². The summed E-state index contributed by atoms with van der Waals surface area (Å²) in [5.74, 6) is 1.39. The Labute approximate surface area is 150 Å². The van der Waals surface area contributed by atoms with E-state index in [-0.39, 0.29) is 11.9 Å². The van der Waals surface area contributed by atoms with Crippen molar-refractivity contribution in [3.8, 4) is 0 Å². The number of hydrogen-bond acceptors (Lipinski definition) is 5. The van der Waals surface area contributed by atoms with E-state index in [0.717, 1.165) is 36.4 Å². The number of fused-ring (bicyclic) bond motifs is 1. The molecular weight excluding hydrogens is 330 g/mol. The van der Waals surface area contributed by atoms with Gasteiger partial charge in [-0.15, -0.1) is 5.10 Å². The van der Waals surface area contributed by atoms with Crippen LogP contribution < -0.4 is 0 Å². The van der Waals surface area contributed by atoms with Crippen LogP contribution in [0.3, 0.4) is 0 Å². The normalized spacial score (nSPS) is 20.2. The van der Waals surface area contributed by atoms with Crippen molar-refractivity contribution in [2.75, 3.05) is 6.54 Å². The molecule has 2 aliphatic rings. The lowest BCUT2D eigenvalue weighted by Crippen LogP contribution is -2.38. The average Bonchev–Trinajstić information content (AvgIpc) is 3.04. The van der Waals surface area contributed by atoms with Gasteiger partial charge in [0.2, 0.25) is 0 Å². The molecule has 3 aromatic rings. The second kappa shape index (κ2) is 5.89. The number of carbonyl (C=O) groups excluding carboxylic acids is 1. The molecule has 1 amide bonds. The van der Waals surface area contributed by atoms with Crippen molar-refractivity contribution in [2.45, 2.75) is 51.1 Å². The molecule has 1 aliphatic heterocycles. The number of amides is 1. The maximum Gasteiger partial charge on any atom is 0.256 e. The third kappa shape index (κ3) is 2.65. The summed E-state index contributed by atoms with van der Waals surface area (Å²) in [6.07, 6.45) is 8.13. The summed E-state index contributed by atoms with van der Waals surface area (Å²) < 4.78 is 1.90. The summed E-state index contributed by atoms with van der Waals surface area (Å²) in [6.45, 7) is 3.34. The number of H-pyrrole nitrogens is 1. The molecule has 134 valence electrons. The Morgan fingerprint density at radius 1 is 1.35 bits per heavy atom. The minimum Gasteiger partial charge on any atom is -0.340 e. The summed E-state index contributed by atoms with van der Waals surface area (Å²) >= 11 is 0. The van der Waals surface area contributed by atoms with Crippen LogP contribution in [0.15, 0.2) is 18.5 Å². The quantitative estimate of drug-likeness (QED) is 0.776. The van der Waals surface area contributed by atoms with Gasteiger partial charge in [0.25, 0.3) is 5.91 Å². The summed E-state index contributed by atoms with van der Waals surface area (Å²) in [6, 6.07) is 1.92. The van der Waals surface area contributed by atoms with Gasteiger partial charge in [-0.05, 0) is 38.7 Å². The van der Waals surface area contributed by atoms with Crippen LogP contribution in [0.25, 0.3) is 11.2 Å². The van der Waals surface area contributed by atoms with Gasteiger partial charge in [0.1, 0.15) is 5.82 Å². The topological polar surface area (TPSA) is 92.6 Å². The fourth-order valence-corrected chi connectivity index (χ4v) is 3.84. The molecule has 0 radical (unpaired) electrons. The van der Waals surface area contributed by atoms with Crippen LogP contribution in [0, 0.1) is 6.92 Å². The van der Waals surface area contributed by atoms with E-state index in [2.05, 4.69) is 25.3 Å². The van der Waals surface area contributed by atoms with Crippen LogP contribution in [-0.4, -0.2) is 53.3 Å². The molecule has 0 unspecified atom stereocenters. The van der Waals surface area contributed by atoms with Crippen LogP contribution in [0.1, 0.15) is 53.5 Å².